The molecule has 0 heterocycles. The number of anilines is 2. The number of nitrogens with zero attached hydrogens (tertiary/aromatic N) is 1. The van der Waals surface area contributed by atoms with Gasteiger partial charge in [-0.1, -0.05) is 22.0 Å². The van der Waals surface area contributed by atoms with Crippen LogP contribution in [0.2, 0.25) is 0 Å². The highest BCUT2D eigenvalue weighted by Gasteiger charge is 2.14. The van der Waals surface area contributed by atoms with Crippen molar-refractivity contribution in [2.45, 2.75) is 6.92 Å². The third-order valence-electron chi connectivity index (χ3n) is 2.97. The number of nitrogens with two attached hydrogens (primary N) is 1. The lowest BCUT2D eigenvalue weighted by molar-refractivity contribution is 0.0993. The molecule has 2 aromatic rings. The Hall–Kier alpha value is -1.81. The zero-order valence-electron chi connectivity index (χ0n) is 10.9. The van der Waals surface area contributed by atoms with Gasteiger partial charge in [-0.3, -0.25) is 4.79 Å². The van der Waals surface area contributed by atoms with Crippen LogP contribution in [0.5, 0.6) is 0 Å². The minimum atomic E-state index is -0.0544. The lowest BCUT2D eigenvalue weighted by atomic mass is 10.1. The molecule has 2 aromatic carbocycles. The van der Waals surface area contributed by atoms with Crippen LogP contribution in [-0.4, -0.2) is 13.0 Å². The molecule has 98 valence electrons. The number of aryl methyl sites for hydroxylation is 1. The first-order valence-corrected chi connectivity index (χ1v) is 6.68. The summed E-state index contributed by atoms with van der Waals surface area (Å²) in [6, 6.07) is 12.8. The first-order chi connectivity index (χ1) is 8.99. The van der Waals surface area contributed by atoms with Crippen molar-refractivity contribution >= 4 is 33.2 Å². The number of halogens is 1. The van der Waals surface area contributed by atoms with Gasteiger partial charge in [0.25, 0.3) is 5.91 Å². The van der Waals surface area contributed by atoms with Gasteiger partial charge in [0.15, 0.2) is 0 Å². The molecule has 0 fully saturated rings. The molecule has 0 radical (unpaired) electrons. The van der Waals surface area contributed by atoms with Crippen LogP contribution in [0.1, 0.15) is 15.9 Å². The van der Waals surface area contributed by atoms with Crippen LogP contribution >= 0.6 is 15.9 Å². The molecule has 0 saturated heterocycles. The SMILES string of the molecule is Cc1cc(C(=O)N(C)c2cccc(N)c2)ccc1Br. The third-order valence-corrected chi connectivity index (χ3v) is 3.86. The molecule has 4 heteroatoms. The van der Waals surface area contributed by atoms with Crippen molar-refractivity contribution < 1.29 is 4.79 Å². The van der Waals surface area contributed by atoms with E-state index in [2.05, 4.69) is 15.9 Å². The van der Waals surface area contributed by atoms with Crippen molar-refractivity contribution in [3.8, 4) is 0 Å². The Morgan fingerprint density at radius 1 is 1.21 bits per heavy atom. The molecule has 0 bridgehead atoms. The average molecular weight is 319 g/mol. The quantitative estimate of drug-likeness (QED) is 0.860. The highest BCUT2D eigenvalue weighted by molar-refractivity contribution is 9.10. The predicted molar refractivity (Wildman–Crippen MR) is 82.5 cm³/mol. The number of hydrogen-bond donors (Lipinski definition) is 1. The van der Waals surface area contributed by atoms with Gasteiger partial charge in [0.05, 0.1) is 0 Å². The summed E-state index contributed by atoms with van der Waals surface area (Å²) in [6.45, 7) is 1.96. The summed E-state index contributed by atoms with van der Waals surface area (Å²) < 4.78 is 0.996. The van der Waals surface area contributed by atoms with Crippen molar-refractivity contribution in [3.05, 3.63) is 58.1 Å². The highest BCUT2D eigenvalue weighted by atomic mass is 79.9. The van der Waals surface area contributed by atoms with Crippen LogP contribution in [-0.2, 0) is 0 Å². The van der Waals surface area contributed by atoms with Crippen LogP contribution in [0.4, 0.5) is 11.4 Å². The summed E-state index contributed by atoms with van der Waals surface area (Å²) in [5.74, 6) is -0.0544. The van der Waals surface area contributed by atoms with Crippen LogP contribution < -0.4 is 10.6 Å². The summed E-state index contributed by atoms with van der Waals surface area (Å²) in [5.41, 5.74) is 8.85. The number of benzene rings is 2. The minimum absolute atomic E-state index is 0.0544. The lowest BCUT2D eigenvalue weighted by Gasteiger charge is -2.18. The van der Waals surface area contributed by atoms with E-state index >= 15 is 0 Å². The molecule has 0 aliphatic rings. The van der Waals surface area contributed by atoms with Gasteiger partial charge in [-0.25, -0.2) is 0 Å². The second-order valence-corrected chi connectivity index (χ2v) is 5.28. The fourth-order valence-electron chi connectivity index (χ4n) is 1.82. The smallest absolute Gasteiger partial charge is 0.258 e. The van der Waals surface area contributed by atoms with E-state index in [-0.39, 0.29) is 5.91 Å². The van der Waals surface area contributed by atoms with E-state index in [9.17, 15) is 4.79 Å². The van der Waals surface area contributed by atoms with Gasteiger partial charge in [0.1, 0.15) is 0 Å². The van der Waals surface area contributed by atoms with Crippen LogP contribution in [0.25, 0.3) is 0 Å². The Morgan fingerprint density at radius 3 is 2.58 bits per heavy atom. The molecule has 2 N–H and O–H groups in total. The van der Waals surface area contributed by atoms with Crippen LogP contribution in [0.15, 0.2) is 46.9 Å². The fourth-order valence-corrected chi connectivity index (χ4v) is 2.07. The first-order valence-electron chi connectivity index (χ1n) is 5.89. The average Bonchev–Trinajstić information content (AvgIpc) is 2.40. The maximum Gasteiger partial charge on any atom is 0.258 e. The van der Waals surface area contributed by atoms with E-state index in [4.69, 9.17) is 5.73 Å². The van der Waals surface area contributed by atoms with Gasteiger partial charge in [-0.15, -0.1) is 0 Å². The molecular weight excluding hydrogens is 304 g/mol. The summed E-state index contributed by atoms with van der Waals surface area (Å²) in [6.07, 6.45) is 0. The summed E-state index contributed by atoms with van der Waals surface area (Å²) in [5, 5.41) is 0. The summed E-state index contributed by atoms with van der Waals surface area (Å²) >= 11 is 3.43. The second-order valence-electron chi connectivity index (χ2n) is 4.42. The molecule has 0 aliphatic carbocycles. The van der Waals surface area contributed by atoms with E-state index < -0.39 is 0 Å². The van der Waals surface area contributed by atoms with E-state index in [0.29, 0.717) is 11.3 Å². The fraction of sp³-hybridized carbons (Fsp3) is 0.133. The van der Waals surface area contributed by atoms with Crippen molar-refractivity contribution in [1.82, 2.24) is 0 Å². The number of carbonyl (C=O) groups excluding carboxylic acids is 1. The molecule has 0 spiro atoms. The number of hydrogen-bond acceptors (Lipinski definition) is 2. The Balaban J connectivity index is 2.30. The molecule has 0 aliphatic heterocycles. The largest absolute Gasteiger partial charge is 0.399 e. The van der Waals surface area contributed by atoms with Crippen molar-refractivity contribution in [2.75, 3.05) is 17.7 Å². The Bertz CT molecular complexity index is 625. The first kappa shape index (κ1) is 13.6. The second kappa shape index (κ2) is 5.45. The standard InChI is InChI=1S/C15H15BrN2O/c1-10-8-11(6-7-14(10)16)15(19)18(2)13-5-3-4-12(17)9-13/h3-9H,17H2,1-2H3. The summed E-state index contributed by atoms with van der Waals surface area (Å²) in [4.78, 5) is 14.0. The van der Waals surface area contributed by atoms with Crippen molar-refractivity contribution in [1.29, 1.82) is 0 Å². The zero-order valence-corrected chi connectivity index (χ0v) is 12.4. The Kier molecular flexibility index (Phi) is 3.90. The molecule has 0 atom stereocenters. The topological polar surface area (TPSA) is 46.3 Å². The molecule has 3 nitrogen and oxygen atoms in total. The number of rotatable bonds is 2. The van der Waals surface area contributed by atoms with Gasteiger partial charge in [0.2, 0.25) is 0 Å². The van der Waals surface area contributed by atoms with Gasteiger partial charge in [-0.05, 0) is 48.9 Å². The Morgan fingerprint density at radius 2 is 1.95 bits per heavy atom. The van der Waals surface area contributed by atoms with Gasteiger partial charge in [0, 0.05) is 28.5 Å². The van der Waals surface area contributed by atoms with E-state index in [1.807, 2.05) is 37.3 Å². The normalized spacial score (nSPS) is 10.3. The number of nitrogen functional groups attached to an aromatic ring is 1. The van der Waals surface area contributed by atoms with Crippen molar-refractivity contribution in [3.63, 3.8) is 0 Å². The number of amides is 1. The summed E-state index contributed by atoms with van der Waals surface area (Å²) in [7, 11) is 1.74. The monoisotopic (exact) mass is 318 g/mol. The van der Waals surface area contributed by atoms with E-state index in [1.54, 1.807) is 24.1 Å². The number of carbonyl (C=O) groups is 1. The molecule has 2 rings (SSSR count). The lowest BCUT2D eigenvalue weighted by Crippen LogP contribution is -2.26. The molecule has 19 heavy (non-hydrogen) atoms. The minimum Gasteiger partial charge on any atom is -0.399 e. The molecule has 0 unspecified atom stereocenters. The Labute approximate surface area is 121 Å². The van der Waals surface area contributed by atoms with Gasteiger partial charge < -0.3 is 10.6 Å². The highest BCUT2D eigenvalue weighted by Crippen LogP contribution is 2.21. The molecule has 1 amide bonds. The van der Waals surface area contributed by atoms with Crippen LogP contribution in [0, 0.1) is 6.92 Å². The van der Waals surface area contributed by atoms with E-state index in [0.717, 1.165) is 15.7 Å². The predicted octanol–water partition coefficient (Wildman–Crippen LogP) is 3.62. The molecule has 0 aromatic heterocycles. The van der Waals surface area contributed by atoms with Crippen molar-refractivity contribution in [2.24, 2.45) is 0 Å². The van der Waals surface area contributed by atoms with Gasteiger partial charge >= 0.3 is 0 Å². The van der Waals surface area contributed by atoms with E-state index in [1.165, 1.54) is 0 Å². The maximum atomic E-state index is 12.4. The maximum absolute atomic E-state index is 12.4. The molecular formula is C15H15BrN2O. The zero-order chi connectivity index (χ0) is 14.0. The van der Waals surface area contributed by atoms with Gasteiger partial charge in [-0.2, -0.15) is 0 Å². The third kappa shape index (κ3) is 2.96. The van der Waals surface area contributed by atoms with Crippen LogP contribution in [0.3, 0.4) is 0 Å². The molecule has 0 saturated carbocycles.